The first-order chi connectivity index (χ1) is 8.15. The van der Waals surface area contributed by atoms with Gasteiger partial charge in [0.2, 0.25) is 0 Å². The Morgan fingerprint density at radius 3 is 2.65 bits per heavy atom. The third-order valence-corrected chi connectivity index (χ3v) is 3.24. The van der Waals surface area contributed by atoms with E-state index in [0.29, 0.717) is 11.8 Å². The fraction of sp³-hybridized carbons (Fsp3) is 0.462. The van der Waals surface area contributed by atoms with Gasteiger partial charge in [0.15, 0.2) is 0 Å². The van der Waals surface area contributed by atoms with Crippen molar-refractivity contribution in [2.24, 2.45) is 0 Å². The topological polar surface area (TPSA) is 41.1 Å². The molecule has 1 rings (SSSR count). The molecule has 2 N–H and O–H groups in total. The zero-order valence-corrected chi connectivity index (χ0v) is 11.4. The van der Waals surface area contributed by atoms with Gasteiger partial charge in [-0.05, 0) is 19.2 Å². The number of nitrogens with one attached hydrogen (secondary N) is 2. The molecule has 0 saturated heterocycles. The zero-order chi connectivity index (χ0) is 12.7. The van der Waals surface area contributed by atoms with Crippen LogP contribution in [0.3, 0.4) is 0 Å². The molecule has 0 aromatic heterocycles. The van der Waals surface area contributed by atoms with Gasteiger partial charge in [-0.3, -0.25) is 4.79 Å². The average Bonchev–Trinajstić information content (AvgIpc) is 2.29. The Morgan fingerprint density at radius 2 is 2.00 bits per heavy atom. The van der Waals surface area contributed by atoms with E-state index in [0.717, 1.165) is 17.0 Å². The fourth-order valence-electron chi connectivity index (χ4n) is 1.41. The van der Waals surface area contributed by atoms with Crippen LogP contribution in [0.25, 0.3) is 0 Å². The van der Waals surface area contributed by atoms with E-state index in [2.05, 4.69) is 24.5 Å². The second kappa shape index (κ2) is 7.35. The molecule has 0 spiro atoms. The van der Waals surface area contributed by atoms with E-state index in [1.165, 1.54) is 0 Å². The number of thioether (sulfide) groups is 1. The summed E-state index contributed by atoms with van der Waals surface area (Å²) in [5.74, 6) is 0.00370. The average molecular weight is 252 g/mol. The number of hydrogen-bond acceptors (Lipinski definition) is 3. The van der Waals surface area contributed by atoms with Crippen LogP contribution >= 0.6 is 11.8 Å². The fourth-order valence-corrected chi connectivity index (χ4v) is 2.36. The first-order valence-electron chi connectivity index (χ1n) is 5.83. The highest BCUT2D eigenvalue weighted by Gasteiger charge is 2.11. The van der Waals surface area contributed by atoms with Crippen molar-refractivity contribution in [2.45, 2.75) is 24.0 Å². The molecule has 0 aliphatic heterocycles. The SMILES string of the molecule is CNCCNC(=O)c1ccccc1SC(C)C. The molecule has 0 saturated carbocycles. The first-order valence-corrected chi connectivity index (χ1v) is 6.71. The van der Waals surface area contributed by atoms with E-state index in [9.17, 15) is 4.79 Å². The van der Waals surface area contributed by atoms with Gasteiger partial charge >= 0.3 is 0 Å². The molecule has 0 aliphatic carbocycles. The quantitative estimate of drug-likeness (QED) is 0.602. The Kier molecular flexibility index (Phi) is 6.08. The van der Waals surface area contributed by atoms with Gasteiger partial charge in [-0.25, -0.2) is 0 Å². The van der Waals surface area contributed by atoms with Gasteiger partial charge < -0.3 is 10.6 Å². The lowest BCUT2D eigenvalue weighted by Gasteiger charge is -2.11. The first kappa shape index (κ1) is 14.1. The Labute approximate surface area is 107 Å². The van der Waals surface area contributed by atoms with Crippen LogP contribution in [-0.2, 0) is 0 Å². The highest BCUT2D eigenvalue weighted by Crippen LogP contribution is 2.26. The molecule has 1 aromatic rings. The van der Waals surface area contributed by atoms with Gasteiger partial charge in [0.1, 0.15) is 0 Å². The maximum Gasteiger partial charge on any atom is 0.252 e. The number of carbonyl (C=O) groups is 1. The summed E-state index contributed by atoms with van der Waals surface area (Å²) in [6.45, 7) is 5.68. The van der Waals surface area contributed by atoms with E-state index < -0.39 is 0 Å². The van der Waals surface area contributed by atoms with Crippen LogP contribution in [0.1, 0.15) is 24.2 Å². The van der Waals surface area contributed by atoms with Gasteiger partial charge in [-0.15, -0.1) is 11.8 Å². The maximum atomic E-state index is 12.0. The summed E-state index contributed by atoms with van der Waals surface area (Å²) in [7, 11) is 1.87. The number of rotatable bonds is 6. The van der Waals surface area contributed by atoms with E-state index in [1.54, 1.807) is 11.8 Å². The molecule has 0 fully saturated rings. The molecule has 1 aromatic carbocycles. The molecule has 0 radical (unpaired) electrons. The molecular weight excluding hydrogens is 232 g/mol. The predicted octanol–water partition coefficient (Wildman–Crippen LogP) is 2.14. The van der Waals surface area contributed by atoms with Crippen molar-refractivity contribution in [1.82, 2.24) is 10.6 Å². The molecule has 17 heavy (non-hydrogen) atoms. The van der Waals surface area contributed by atoms with Crippen molar-refractivity contribution in [2.75, 3.05) is 20.1 Å². The minimum Gasteiger partial charge on any atom is -0.351 e. The molecular formula is C13H20N2OS. The van der Waals surface area contributed by atoms with Crippen LogP contribution in [0, 0.1) is 0 Å². The zero-order valence-electron chi connectivity index (χ0n) is 10.6. The van der Waals surface area contributed by atoms with E-state index in [1.807, 2.05) is 31.3 Å². The van der Waals surface area contributed by atoms with Crippen molar-refractivity contribution in [1.29, 1.82) is 0 Å². The van der Waals surface area contributed by atoms with Crippen LogP contribution in [0.4, 0.5) is 0 Å². The number of benzene rings is 1. The summed E-state index contributed by atoms with van der Waals surface area (Å²) in [6, 6.07) is 7.74. The van der Waals surface area contributed by atoms with E-state index >= 15 is 0 Å². The van der Waals surface area contributed by atoms with Gasteiger partial charge in [0.25, 0.3) is 5.91 Å². The van der Waals surface area contributed by atoms with Crippen molar-refractivity contribution in [3.8, 4) is 0 Å². The standard InChI is InChI=1S/C13H20N2OS/c1-10(2)17-12-7-5-4-6-11(12)13(16)15-9-8-14-3/h4-7,10,14H,8-9H2,1-3H3,(H,15,16). The van der Waals surface area contributed by atoms with E-state index in [4.69, 9.17) is 0 Å². The molecule has 0 atom stereocenters. The third-order valence-electron chi connectivity index (χ3n) is 2.15. The van der Waals surface area contributed by atoms with Crippen LogP contribution in [0.15, 0.2) is 29.2 Å². The van der Waals surface area contributed by atoms with Gasteiger partial charge in [0, 0.05) is 23.2 Å². The molecule has 4 heteroatoms. The third kappa shape index (κ3) is 4.79. The smallest absolute Gasteiger partial charge is 0.252 e. The summed E-state index contributed by atoms with van der Waals surface area (Å²) < 4.78 is 0. The Hall–Kier alpha value is -1.00. The van der Waals surface area contributed by atoms with Crippen LogP contribution in [-0.4, -0.2) is 31.3 Å². The van der Waals surface area contributed by atoms with Crippen LogP contribution in [0.2, 0.25) is 0 Å². The lowest BCUT2D eigenvalue weighted by Crippen LogP contribution is -2.30. The predicted molar refractivity (Wildman–Crippen MR) is 73.7 cm³/mol. The number of carbonyl (C=O) groups excluding carboxylic acids is 1. The Balaban J connectivity index is 2.71. The van der Waals surface area contributed by atoms with Crippen LogP contribution < -0.4 is 10.6 Å². The van der Waals surface area contributed by atoms with Crippen molar-refractivity contribution in [3.63, 3.8) is 0 Å². The van der Waals surface area contributed by atoms with Gasteiger partial charge in [0.05, 0.1) is 5.56 Å². The van der Waals surface area contributed by atoms with E-state index in [-0.39, 0.29) is 5.91 Å². The summed E-state index contributed by atoms with van der Waals surface area (Å²) in [4.78, 5) is 13.0. The van der Waals surface area contributed by atoms with Crippen molar-refractivity contribution >= 4 is 17.7 Å². The lowest BCUT2D eigenvalue weighted by atomic mass is 10.2. The number of likely N-dealkylation sites (N-methyl/N-ethyl adjacent to an activating group) is 1. The van der Waals surface area contributed by atoms with Crippen molar-refractivity contribution < 1.29 is 4.79 Å². The second-order valence-electron chi connectivity index (χ2n) is 4.02. The molecule has 1 amide bonds. The van der Waals surface area contributed by atoms with Crippen LogP contribution in [0.5, 0.6) is 0 Å². The molecule has 3 nitrogen and oxygen atoms in total. The van der Waals surface area contributed by atoms with Gasteiger partial charge in [-0.1, -0.05) is 26.0 Å². The normalized spacial score (nSPS) is 10.6. The Morgan fingerprint density at radius 1 is 1.29 bits per heavy atom. The summed E-state index contributed by atoms with van der Waals surface area (Å²) in [6.07, 6.45) is 0. The summed E-state index contributed by atoms with van der Waals surface area (Å²) >= 11 is 1.72. The lowest BCUT2D eigenvalue weighted by molar-refractivity contribution is 0.0951. The van der Waals surface area contributed by atoms with Gasteiger partial charge in [-0.2, -0.15) is 0 Å². The Bertz CT molecular complexity index is 366. The largest absolute Gasteiger partial charge is 0.351 e. The second-order valence-corrected chi connectivity index (χ2v) is 5.64. The number of hydrogen-bond donors (Lipinski definition) is 2. The minimum atomic E-state index is 0.00370. The van der Waals surface area contributed by atoms with Crippen molar-refractivity contribution in [3.05, 3.63) is 29.8 Å². The molecule has 0 unspecified atom stereocenters. The summed E-state index contributed by atoms with van der Waals surface area (Å²) in [5, 5.41) is 6.37. The minimum absolute atomic E-state index is 0.00370. The number of amides is 1. The maximum absolute atomic E-state index is 12.0. The summed E-state index contributed by atoms with van der Waals surface area (Å²) in [5.41, 5.74) is 0.766. The molecule has 94 valence electrons. The highest BCUT2D eigenvalue weighted by atomic mass is 32.2. The monoisotopic (exact) mass is 252 g/mol. The molecule has 0 heterocycles. The molecule has 0 bridgehead atoms. The molecule has 0 aliphatic rings. The highest BCUT2D eigenvalue weighted by molar-refractivity contribution is 8.00.